The Kier molecular flexibility index (Phi) is 3.65. The number of halogens is 1. The third kappa shape index (κ3) is 2.65. The molecule has 3 rings (SSSR count). The summed E-state index contributed by atoms with van der Waals surface area (Å²) in [5, 5.41) is 3.95. The molecule has 0 fully saturated rings. The van der Waals surface area contributed by atoms with E-state index in [0.717, 1.165) is 17.1 Å². The highest BCUT2D eigenvalue weighted by molar-refractivity contribution is 6.33. The van der Waals surface area contributed by atoms with Crippen molar-refractivity contribution >= 4 is 17.3 Å². The Hall–Kier alpha value is -1.94. The number of fused-ring (bicyclic) bond motifs is 1. The lowest BCUT2D eigenvalue weighted by atomic mass is 10.2. The summed E-state index contributed by atoms with van der Waals surface area (Å²) < 4.78 is 11.1. The van der Waals surface area contributed by atoms with E-state index in [-0.39, 0.29) is 6.04 Å². The smallest absolute Gasteiger partial charge is 0.163 e. The molecule has 1 unspecified atom stereocenters. The van der Waals surface area contributed by atoms with Crippen LogP contribution in [-0.2, 0) is 0 Å². The number of aromatic nitrogens is 1. The fourth-order valence-corrected chi connectivity index (χ4v) is 2.32. The molecule has 5 heteroatoms. The summed E-state index contributed by atoms with van der Waals surface area (Å²) in [6.07, 6.45) is 1.78. The molecule has 1 aliphatic heterocycles. The molecule has 20 heavy (non-hydrogen) atoms. The molecule has 0 aliphatic carbocycles. The van der Waals surface area contributed by atoms with E-state index in [1.807, 2.05) is 31.2 Å². The van der Waals surface area contributed by atoms with Gasteiger partial charge in [-0.2, -0.15) is 0 Å². The second-order valence-electron chi connectivity index (χ2n) is 4.60. The van der Waals surface area contributed by atoms with Crippen molar-refractivity contribution in [3.05, 3.63) is 47.2 Å². The first-order valence-electron chi connectivity index (χ1n) is 6.50. The SMILES string of the molecule is CC(Nc1cc2c(cc1Cl)OCCO2)c1ccccn1. The minimum Gasteiger partial charge on any atom is -0.486 e. The summed E-state index contributed by atoms with van der Waals surface area (Å²) in [6.45, 7) is 3.15. The summed E-state index contributed by atoms with van der Waals surface area (Å²) in [7, 11) is 0. The van der Waals surface area contributed by atoms with E-state index in [0.29, 0.717) is 24.0 Å². The van der Waals surface area contributed by atoms with E-state index in [4.69, 9.17) is 21.1 Å². The number of nitrogens with zero attached hydrogens (tertiary/aromatic N) is 1. The second kappa shape index (κ2) is 5.59. The van der Waals surface area contributed by atoms with Gasteiger partial charge in [-0.15, -0.1) is 0 Å². The van der Waals surface area contributed by atoms with Crippen molar-refractivity contribution in [1.82, 2.24) is 4.98 Å². The monoisotopic (exact) mass is 290 g/mol. The van der Waals surface area contributed by atoms with Crippen LogP contribution < -0.4 is 14.8 Å². The van der Waals surface area contributed by atoms with Crippen LogP contribution in [0.25, 0.3) is 0 Å². The Bertz CT molecular complexity index is 604. The number of hydrogen-bond donors (Lipinski definition) is 1. The average Bonchev–Trinajstić information content (AvgIpc) is 2.49. The van der Waals surface area contributed by atoms with Gasteiger partial charge in [0.2, 0.25) is 0 Å². The van der Waals surface area contributed by atoms with Crippen LogP contribution in [0.5, 0.6) is 11.5 Å². The molecule has 1 atom stereocenters. The van der Waals surface area contributed by atoms with Crippen LogP contribution in [-0.4, -0.2) is 18.2 Å². The van der Waals surface area contributed by atoms with E-state index < -0.39 is 0 Å². The Morgan fingerprint density at radius 1 is 1.20 bits per heavy atom. The van der Waals surface area contributed by atoms with Gasteiger partial charge >= 0.3 is 0 Å². The van der Waals surface area contributed by atoms with Gasteiger partial charge in [-0.1, -0.05) is 17.7 Å². The van der Waals surface area contributed by atoms with Gasteiger partial charge < -0.3 is 14.8 Å². The van der Waals surface area contributed by atoms with Crippen molar-refractivity contribution < 1.29 is 9.47 Å². The lowest BCUT2D eigenvalue weighted by Crippen LogP contribution is -2.16. The Labute approximate surface area is 122 Å². The highest BCUT2D eigenvalue weighted by Gasteiger charge is 2.16. The molecule has 0 amide bonds. The van der Waals surface area contributed by atoms with E-state index in [2.05, 4.69) is 10.3 Å². The predicted octanol–water partition coefficient (Wildman–Crippen LogP) is 3.68. The van der Waals surface area contributed by atoms with E-state index in [1.54, 1.807) is 12.3 Å². The van der Waals surface area contributed by atoms with Crippen molar-refractivity contribution in [2.45, 2.75) is 13.0 Å². The van der Waals surface area contributed by atoms with Gasteiger partial charge in [0.05, 0.1) is 22.4 Å². The van der Waals surface area contributed by atoms with Gasteiger partial charge in [0, 0.05) is 18.3 Å². The van der Waals surface area contributed by atoms with Crippen molar-refractivity contribution in [2.24, 2.45) is 0 Å². The van der Waals surface area contributed by atoms with Crippen LogP contribution >= 0.6 is 11.6 Å². The first-order valence-corrected chi connectivity index (χ1v) is 6.88. The number of rotatable bonds is 3. The molecular formula is C15H15ClN2O2. The summed E-state index contributed by atoms with van der Waals surface area (Å²) in [6, 6.07) is 9.54. The molecule has 1 aromatic heterocycles. The summed E-state index contributed by atoms with van der Waals surface area (Å²) in [5.41, 5.74) is 1.77. The van der Waals surface area contributed by atoms with Gasteiger partial charge in [0.25, 0.3) is 0 Å². The Morgan fingerprint density at radius 3 is 2.65 bits per heavy atom. The number of benzene rings is 1. The van der Waals surface area contributed by atoms with Crippen molar-refractivity contribution in [3.63, 3.8) is 0 Å². The maximum absolute atomic E-state index is 6.27. The third-order valence-electron chi connectivity index (χ3n) is 3.14. The highest BCUT2D eigenvalue weighted by Crippen LogP contribution is 2.38. The maximum atomic E-state index is 6.27. The van der Waals surface area contributed by atoms with E-state index >= 15 is 0 Å². The highest BCUT2D eigenvalue weighted by atomic mass is 35.5. The normalized spacial score (nSPS) is 14.7. The lowest BCUT2D eigenvalue weighted by Gasteiger charge is -2.21. The largest absolute Gasteiger partial charge is 0.486 e. The average molecular weight is 291 g/mol. The van der Waals surface area contributed by atoms with Crippen LogP contribution in [0.1, 0.15) is 18.7 Å². The fraction of sp³-hybridized carbons (Fsp3) is 0.267. The van der Waals surface area contributed by atoms with Crippen LogP contribution in [0.2, 0.25) is 5.02 Å². The van der Waals surface area contributed by atoms with Gasteiger partial charge in [-0.3, -0.25) is 4.98 Å². The number of hydrogen-bond acceptors (Lipinski definition) is 4. The standard InChI is InChI=1S/C15H15ClN2O2/c1-10(12-4-2-3-5-17-12)18-13-9-15-14(8-11(13)16)19-6-7-20-15/h2-5,8-10,18H,6-7H2,1H3. The molecule has 4 nitrogen and oxygen atoms in total. The van der Waals surface area contributed by atoms with Crippen LogP contribution in [0, 0.1) is 0 Å². The predicted molar refractivity (Wildman–Crippen MR) is 78.7 cm³/mol. The van der Waals surface area contributed by atoms with Crippen LogP contribution in [0.3, 0.4) is 0 Å². The zero-order valence-electron chi connectivity index (χ0n) is 11.1. The van der Waals surface area contributed by atoms with Crippen molar-refractivity contribution in [2.75, 3.05) is 18.5 Å². The number of anilines is 1. The summed E-state index contributed by atoms with van der Waals surface area (Å²) >= 11 is 6.27. The van der Waals surface area contributed by atoms with Crippen LogP contribution in [0.4, 0.5) is 5.69 Å². The second-order valence-corrected chi connectivity index (χ2v) is 5.00. The molecule has 0 saturated carbocycles. The summed E-state index contributed by atoms with van der Waals surface area (Å²) in [5.74, 6) is 1.41. The molecule has 104 valence electrons. The summed E-state index contributed by atoms with van der Waals surface area (Å²) in [4.78, 5) is 4.33. The molecule has 2 heterocycles. The minimum absolute atomic E-state index is 0.0521. The van der Waals surface area contributed by atoms with Gasteiger partial charge in [0.1, 0.15) is 13.2 Å². The van der Waals surface area contributed by atoms with Crippen LogP contribution in [0.15, 0.2) is 36.5 Å². The first kappa shape index (κ1) is 13.1. The van der Waals surface area contributed by atoms with Gasteiger partial charge in [0.15, 0.2) is 11.5 Å². The van der Waals surface area contributed by atoms with E-state index in [1.165, 1.54) is 0 Å². The lowest BCUT2D eigenvalue weighted by molar-refractivity contribution is 0.171. The van der Waals surface area contributed by atoms with Crippen molar-refractivity contribution in [3.8, 4) is 11.5 Å². The third-order valence-corrected chi connectivity index (χ3v) is 3.45. The Balaban J connectivity index is 1.84. The first-order chi connectivity index (χ1) is 9.74. The quantitative estimate of drug-likeness (QED) is 0.936. The molecule has 0 bridgehead atoms. The zero-order chi connectivity index (χ0) is 13.9. The number of ether oxygens (including phenoxy) is 2. The molecule has 1 N–H and O–H groups in total. The molecule has 0 saturated heterocycles. The molecule has 0 spiro atoms. The molecule has 1 aromatic carbocycles. The van der Waals surface area contributed by atoms with Gasteiger partial charge in [-0.25, -0.2) is 0 Å². The maximum Gasteiger partial charge on any atom is 0.163 e. The molecule has 2 aromatic rings. The molecular weight excluding hydrogens is 276 g/mol. The topological polar surface area (TPSA) is 43.4 Å². The fourth-order valence-electron chi connectivity index (χ4n) is 2.11. The number of pyridine rings is 1. The zero-order valence-corrected chi connectivity index (χ0v) is 11.9. The van der Waals surface area contributed by atoms with Crippen molar-refractivity contribution in [1.29, 1.82) is 0 Å². The number of nitrogens with one attached hydrogen (secondary N) is 1. The van der Waals surface area contributed by atoms with Gasteiger partial charge in [-0.05, 0) is 19.1 Å². The molecule has 1 aliphatic rings. The molecule has 0 radical (unpaired) electrons. The van der Waals surface area contributed by atoms with E-state index in [9.17, 15) is 0 Å². The Morgan fingerprint density at radius 2 is 1.95 bits per heavy atom. The minimum atomic E-state index is 0.0521.